The summed E-state index contributed by atoms with van der Waals surface area (Å²) in [4.78, 5) is 15.5. The van der Waals surface area contributed by atoms with Crippen molar-refractivity contribution in [1.29, 1.82) is 0 Å². The van der Waals surface area contributed by atoms with Crippen molar-refractivity contribution < 1.29 is 46.8 Å². The molecule has 38 heavy (non-hydrogen) atoms. The predicted molar refractivity (Wildman–Crippen MR) is 137 cm³/mol. The van der Waals surface area contributed by atoms with Gasteiger partial charge in [-0.3, -0.25) is 4.79 Å². The molecule has 0 amide bonds. The second-order valence-corrected chi connectivity index (χ2v) is 9.38. The summed E-state index contributed by atoms with van der Waals surface area (Å²) in [6, 6.07) is 10.3. The van der Waals surface area contributed by atoms with Crippen molar-refractivity contribution in [3.8, 4) is 22.8 Å². The summed E-state index contributed by atoms with van der Waals surface area (Å²) in [5, 5.41) is 20.5. The van der Waals surface area contributed by atoms with Crippen LogP contribution in [0.3, 0.4) is 0 Å². The molecule has 0 saturated carbocycles. The molecule has 0 radical (unpaired) electrons. The van der Waals surface area contributed by atoms with E-state index in [0.29, 0.717) is 3.57 Å². The number of hydrogen-bond acceptors (Lipinski definition) is 7. The molecular weight excluding hydrogens is 625 g/mol. The fraction of sp³-hybridized carbons (Fsp3) is 0.308. The van der Waals surface area contributed by atoms with Crippen LogP contribution in [0.4, 0.5) is 17.6 Å². The summed E-state index contributed by atoms with van der Waals surface area (Å²) in [6.07, 6.45) is -7.75. The van der Waals surface area contributed by atoms with Crippen LogP contribution < -0.4 is 9.47 Å². The summed E-state index contributed by atoms with van der Waals surface area (Å²) >= 11 is 1.88. The zero-order valence-electron chi connectivity index (χ0n) is 20.4. The second kappa shape index (κ2) is 12.3. The number of ether oxygens (including phenoxy) is 3. The SMILES string of the molecule is COC(=O)[C@@H](C)[C@@H](O)c1ccc(I)c(O[C@@H](CO)c2ccc(-c3cc(OC)ccc3F)nc2C(F)(F)F)c1. The molecule has 12 heteroatoms. The molecule has 0 saturated heterocycles. The molecule has 0 bridgehead atoms. The van der Waals surface area contributed by atoms with Crippen molar-refractivity contribution in [3.63, 3.8) is 0 Å². The van der Waals surface area contributed by atoms with E-state index in [0.717, 1.165) is 12.1 Å². The topological polar surface area (TPSA) is 98.1 Å². The van der Waals surface area contributed by atoms with E-state index in [-0.39, 0.29) is 28.3 Å². The first kappa shape index (κ1) is 29.6. The normalized spacial score (nSPS) is 13.9. The molecule has 3 atom stereocenters. The molecular formula is C26H24F4INO6. The number of carbonyl (C=O) groups is 1. The molecule has 204 valence electrons. The van der Waals surface area contributed by atoms with Crippen molar-refractivity contribution >= 4 is 28.6 Å². The van der Waals surface area contributed by atoms with Crippen molar-refractivity contribution in [2.24, 2.45) is 5.92 Å². The smallest absolute Gasteiger partial charge is 0.433 e. The van der Waals surface area contributed by atoms with Crippen LogP contribution in [0.25, 0.3) is 11.3 Å². The number of nitrogens with zero attached hydrogens (tertiary/aromatic N) is 1. The van der Waals surface area contributed by atoms with Gasteiger partial charge < -0.3 is 24.4 Å². The van der Waals surface area contributed by atoms with Gasteiger partial charge in [-0.25, -0.2) is 9.37 Å². The van der Waals surface area contributed by atoms with E-state index in [1.165, 1.54) is 51.5 Å². The Balaban J connectivity index is 2.03. The van der Waals surface area contributed by atoms with Gasteiger partial charge >= 0.3 is 12.1 Å². The lowest BCUT2D eigenvalue weighted by Crippen LogP contribution is -2.22. The van der Waals surface area contributed by atoms with Crippen LogP contribution in [-0.4, -0.2) is 42.0 Å². The number of halogens is 5. The highest BCUT2D eigenvalue weighted by molar-refractivity contribution is 14.1. The number of aliphatic hydroxyl groups is 2. The van der Waals surface area contributed by atoms with E-state index >= 15 is 0 Å². The Morgan fingerprint density at radius 3 is 2.42 bits per heavy atom. The van der Waals surface area contributed by atoms with Crippen molar-refractivity contribution in [1.82, 2.24) is 4.98 Å². The van der Waals surface area contributed by atoms with Gasteiger partial charge in [0.15, 0.2) is 5.69 Å². The number of carbonyl (C=O) groups excluding carboxylic acids is 1. The van der Waals surface area contributed by atoms with Crippen LogP contribution in [0.15, 0.2) is 48.5 Å². The highest BCUT2D eigenvalue weighted by Gasteiger charge is 2.38. The van der Waals surface area contributed by atoms with Crippen LogP contribution in [0, 0.1) is 15.3 Å². The average molecular weight is 649 g/mol. The number of methoxy groups -OCH3 is 2. The molecule has 2 N–H and O–H groups in total. The van der Waals surface area contributed by atoms with Gasteiger partial charge in [0.2, 0.25) is 0 Å². The second-order valence-electron chi connectivity index (χ2n) is 8.21. The molecule has 0 aliphatic carbocycles. The molecule has 1 heterocycles. The van der Waals surface area contributed by atoms with Crippen molar-refractivity contribution in [2.45, 2.75) is 25.3 Å². The lowest BCUT2D eigenvalue weighted by atomic mass is 9.97. The Labute approximate surface area is 229 Å². The van der Waals surface area contributed by atoms with Gasteiger partial charge in [-0.2, -0.15) is 13.2 Å². The van der Waals surface area contributed by atoms with E-state index in [2.05, 4.69) is 9.72 Å². The van der Waals surface area contributed by atoms with Gasteiger partial charge in [0.05, 0.1) is 42.1 Å². The van der Waals surface area contributed by atoms with E-state index in [1.807, 2.05) is 22.6 Å². The highest BCUT2D eigenvalue weighted by atomic mass is 127. The van der Waals surface area contributed by atoms with E-state index in [1.54, 1.807) is 6.07 Å². The Hall–Kier alpha value is -2.97. The molecule has 3 aromatic rings. The quantitative estimate of drug-likeness (QED) is 0.180. The summed E-state index contributed by atoms with van der Waals surface area (Å²) in [5.41, 5.74) is -2.06. The first-order valence-corrected chi connectivity index (χ1v) is 12.2. The zero-order valence-corrected chi connectivity index (χ0v) is 22.6. The Kier molecular flexibility index (Phi) is 9.54. The molecule has 1 aromatic heterocycles. The van der Waals surface area contributed by atoms with Gasteiger partial charge in [0.25, 0.3) is 0 Å². The summed E-state index contributed by atoms with van der Waals surface area (Å²) in [6.45, 7) is 0.610. The monoisotopic (exact) mass is 649 g/mol. The number of aliphatic hydroxyl groups excluding tert-OH is 2. The number of rotatable bonds is 9. The average Bonchev–Trinajstić information content (AvgIpc) is 2.90. The molecule has 0 aliphatic rings. The first-order chi connectivity index (χ1) is 17.9. The number of esters is 1. The number of benzene rings is 2. The maximum Gasteiger partial charge on any atom is 0.433 e. The van der Waals surface area contributed by atoms with Gasteiger partial charge in [-0.05, 0) is 71.5 Å². The zero-order chi connectivity index (χ0) is 28.2. The number of pyridine rings is 1. The highest BCUT2D eigenvalue weighted by Crippen LogP contribution is 2.38. The van der Waals surface area contributed by atoms with Gasteiger partial charge in [0, 0.05) is 11.1 Å². The standard InChI is InChI=1S/C26H24F4INO6/c1-13(25(35)37-3)23(34)14-4-8-19(31)21(10-14)38-22(12-33)16-6-9-20(32-24(16)26(28,29)30)17-11-15(36-2)5-7-18(17)27/h4-11,13,22-23,33-34H,12H2,1-3H3/t13-,22-,23+/m0/s1. The van der Waals surface area contributed by atoms with Crippen molar-refractivity contribution in [2.75, 3.05) is 20.8 Å². The number of aromatic nitrogens is 1. The van der Waals surface area contributed by atoms with E-state index in [9.17, 15) is 32.6 Å². The molecule has 0 spiro atoms. The van der Waals surface area contributed by atoms with Gasteiger partial charge in [-0.15, -0.1) is 0 Å². The van der Waals surface area contributed by atoms with Gasteiger partial charge in [0.1, 0.15) is 23.4 Å². The Morgan fingerprint density at radius 1 is 1.11 bits per heavy atom. The third-order valence-electron chi connectivity index (χ3n) is 5.77. The molecule has 0 unspecified atom stereocenters. The summed E-state index contributed by atoms with van der Waals surface area (Å²) in [7, 11) is 2.52. The number of hydrogen-bond donors (Lipinski definition) is 2. The summed E-state index contributed by atoms with van der Waals surface area (Å²) < 4.78 is 72.6. The van der Waals surface area contributed by atoms with Gasteiger partial charge in [-0.1, -0.05) is 12.1 Å². The van der Waals surface area contributed by atoms with Crippen LogP contribution in [0.2, 0.25) is 0 Å². The van der Waals surface area contributed by atoms with Crippen LogP contribution in [0.1, 0.15) is 36.0 Å². The lowest BCUT2D eigenvalue weighted by molar-refractivity contribution is -0.148. The minimum Gasteiger partial charge on any atom is -0.497 e. The molecule has 0 aliphatic heterocycles. The molecule has 3 rings (SSSR count). The minimum absolute atomic E-state index is 0.0642. The van der Waals surface area contributed by atoms with Crippen molar-refractivity contribution in [3.05, 3.63) is 74.7 Å². The lowest BCUT2D eigenvalue weighted by Gasteiger charge is -2.23. The molecule has 0 fully saturated rings. The van der Waals surface area contributed by atoms with Crippen LogP contribution >= 0.6 is 22.6 Å². The fourth-order valence-corrected chi connectivity index (χ4v) is 4.15. The third-order valence-corrected chi connectivity index (χ3v) is 6.66. The molecule has 7 nitrogen and oxygen atoms in total. The Bertz CT molecular complexity index is 1300. The van der Waals surface area contributed by atoms with Crippen LogP contribution in [-0.2, 0) is 15.7 Å². The fourth-order valence-electron chi connectivity index (χ4n) is 3.68. The predicted octanol–water partition coefficient (Wildman–Crippen LogP) is 5.47. The first-order valence-electron chi connectivity index (χ1n) is 11.2. The molecule has 2 aromatic carbocycles. The van der Waals surface area contributed by atoms with Crippen LogP contribution in [0.5, 0.6) is 11.5 Å². The largest absolute Gasteiger partial charge is 0.497 e. The Morgan fingerprint density at radius 2 is 1.82 bits per heavy atom. The minimum atomic E-state index is -4.96. The van der Waals surface area contributed by atoms with E-state index in [4.69, 9.17) is 9.47 Å². The maximum absolute atomic E-state index is 14.4. The number of alkyl halides is 3. The van der Waals surface area contributed by atoms with E-state index < -0.39 is 54.0 Å². The third kappa shape index (κ3) is 6.53. The maximum atomic E-state index is 14.4. The summed E-state index contributed by atoms with van der Waals surface area (Å²) in [5.74, 6) is -2.07.